The maximum atomic E-state index is 9.80. The molecular weight excluding hydrogens is 383 g/mol. The Kier molecular flexibility index (Phi) is 5.04. The molecule has 0 bridgehead atoms. The largest absolute Gasteiger partial charge is 0.489 e. The van der Waals surface area contributed by atoms with Crippen LogP contribution in [0.4, 0.5) is 0 Å². The van der Waals surface area contributed by atoms with Crippen LogP contribution in [0.5, 0.6) is 0 Å². The number of rotatable bonds is 4. The highest BCUT2D eigenvalue weighted by Gasteiger charge is 2.18. The van der Waals surface area contributed by atoms with Crippen molar-refractivity contribution in [3.63, 3.8) is 0 Å². The number of aromatic nitrogens is 2. The van der Waals surface area contributed by atoms with Crippen LogP contribution in [0.2, 0.25) is 0 Å². The van der Waals surface area contributed by atoms with E-state index in [0.29, 0.717) is 11.3 Å². The van der Waals surface area contributed by atoms with Gasteiger partial charge in [0, 0.05) is 16.7 Å². The second-order valence-corrected chi connectivity index (χ2v) is 7.32. The predicted molar refractivity (Wildman–Crippen MR) is 126 cm³/mol. The summed E-state index contributed by atoms with van der Waals surface area (Å²) in [6.07, 6.45) is 0. The summed E-state index contributed by atoms with van der Waals surface area (Å²) in [5.74, 6) is 0.646. The first-order valence-corrected chi connectivity index (χ1v) is 10.1. The minimum absolute atomic E-state index is 0.472. The zero-order valence-electron chi connectivity index (χ0n) is 16.7. The Hall–Kier alpha value is -3.80. The van der Waals surface area contributed by atoms with Crippen molar-refractivity contribution in [2.75, 3.05) is 0 Å². The molecule has 148 valence electrons. The van der Waals surface area contributed by atoms with Crippen LogP contribution in [0.15, 0.2) is 103 Å². The van der Waals surface area contributed by atoms with Gasteiger partial charge in [0.1, 0.15) is 0 Å². The molecular formula is C26H19BN2O2. The van der Waals surface area contributed by atoms with E-state index in [0.717, 1.165) is 38.9 Å². The van der Waals surface area contributed by atoms with Gasteiger partial charge in [0.2, 0.25) is 0 Å². The molecule has 2 N–H and O–H groups in total. The highest BCUT2D eigenvalue weighted by Crippen LogP contribution is 2.31. The van der Waals surface area contributed by atoms with E-state index in [1.165, 1.54) is 0 Å². The molecule has 0 aliphatic rings. The highest BCUT2D eigenvalue weighted by atomic mass is 16.4. The Labute approximate surface area is 180 Å². The summed E-state index contributed by atoms with van der Waals surface area (Å²) in [6, 6.07) is 33.3. The Balaban J connectivity index is 1.78. The van der Waals surface area contributed by atoms with Gasteiger partial charge in [-0.25, -0.2) is 9.97 Å². The molecule has 0 unspecified atom stereocenters. The number of nitrogens with zero attached hydrogens (tertiary/aromatic N) is 2. The molecule has 4 nitrogen and oxygen atoms in total. The molecule has 0 aliphatic carbocycles. The maximum absolute atomic E-state index is 9.80. The molecule has 0 aliphatic heterocycles. The number of fused-ring (bicyclic) bond motifs is 1. The quantitative estimate of drug-likeness (QED) is 0.440. The van der Waals surface area contributed by atoms with E-state index in [1.807, 2.05) is 97.1 Å². The summed E-state index contributed by atoms with van der Waals surface area (Å²) in [6.45, 7) is 0. The van der Waals surface area contributed by atoms with Gasteiger partial charge in [-0.1, -0.05) is 97.1 Å². The lowest BCUT2D eigenvalue weighted by atomic mass is 9.76. The Morgan fingerprint density at radius 3 is 1.81 bits per heavy atom. The van der Waals surface area contributed by atoms with Gasteiger partial charge in [-0.2, -0.15) is 0 Å². The smallest absolute Gasteiger partial charge is 0.423 e. The fourth-order valence-electron chi connectivity index (χ4n) is 3.83. The average molecular weight is 402 g/mol. The lowest BCUT2D eigenvalue weighted by molar-refractivity contribution is 0.426. The molecule has 5 aromatic rings. The molecule has 1 aromatic heterocycles. The van der Waals surface area contributed by atoms with E-state index in [4.69, 9.17) is 9.97 Å². The van der Waals surface area contributed by atoms with Crippen LogP contribution >= 0.6 is 0 Å². The van der Waals surface area contributed by atoms with Crippen molar-refractivity contribution in [1.82, 2.24) is 9.97 Å². The number of hydrogen-bond donors (Lipinski definition) is 2. The van der Waals surface area contributed by atoms with Crippen LogP contribution in [0, 0.1) is 0 Å². The normalized spacial score (nSPS) is 10.9. The van der Waals surface area contributed by atoms with E-state index in [1.54, 1.807) is 6.07 Å². The van der Waals surface area contributed by atoms with Crippen LogP contribution in [0.1, 0.15) is 0 Å². The van der Waals surface area contributed by atoms with Crippen molar-refractivity contribution >= 4 is 23.4 Å². The molecule has 0 radical (unpaired) electrons. The lowest BCUT2D eigenvalue weighted by Gasteiger charge is -2.13. The van der Waals surface area contributed by atoms with Crippen LogP contribution < -0.4 is 5.46 Å². The highest BCUT2D eigenvalue weighted by molar-refractivity contribution is 6.62. The van der Waals surface area contributed by atoms with Crippen LogP contribution in [0.25, 0.3) is 44.7 Å². The molecule has 0 amide bonds. The van der Waals surface area contributed by atoms with E-state index < -0.39 is 7.12 Å². The zero-order chi connectivity index (χ0) is 21.2. The van der Waals surface area contributed by atoms with Crippen LogP contribution in [0.3, 0.4) is 0 Å². The SMILES string of the molecule is OB(O)c1ccc(-c2cc(-c3ccccc3)nc(-c3ccccc3)n2)c2ccccc12. The van der Waals surface area contributed by atoms with Gasteiger partial charge in [-0.05, 0) is 22.3 Å². The molecule has 0 spiro atoms. The van der Waals surface area contributed by atoms with Crippen molar-refractivity contribution < 1.29 is 10.0 Å². The molecule has 5 heteroatoms. The van der Waals surface area contributed by atoms with Gasteiger partial charge in [-0.3, -0.25) is 0 Å². The molecule has 1 heterocycles. The number of benzene rings is 4. The fourth-order valence-corrected chi connectivity index (χ4v) is 3.83. The Morgan fingerprint density at radius 1 is 0.548 bits per heavy atom. The summed E-state index contributed by atoms with van der Waals surface area (Å²) < 4.78 is 0. The molecule has 5 rings (SSSR count). The van der Waals surface area contributed by atoms with Crippen molar-refractivity contribution in [1.29, 1.82) is 0 Å². The Morgan fingerprint density at radius 2 is 1.13 bits per heavy atom. The third-order valence-electron chi connectivity index (χ3n) is 5.34. The van der Waals surface area contributed by atoms with E-state index in [-0.39, 0.29) is 0 Å². The first-order valence-electron chi connectivity index (χ1n) is 10.1. The van der Waals surface area contributed by atoms with Crippen molar-refractivity contribution in [3.05, 3.63) is 103 Å². The Bertz CT molecular complexity index is 1300. The minimum atomic E-state index is -1.54. The van der Waals surface area contributed by atoms with E-state index >= 15 is 0 Å². The summed E-state index contributed by atoms with van der Waals surface area (Å²) in [7, 11) is -1.54. The first-order chi connectivity index (χ1) is 15.2. The summed E-state index contributed by atoms with van der Waals surface area (Å²) in [4.78, 5) is 9.72. The third-order valence-corrected chi connectivity index (χ3v) is 5.34. The predicted octanol–water partition coefficient (Wildman–Crippen LogP) is 4.31. The van der Waals surface area contributed by atoms with Gasteiger partial charge >= 0.3 is 7.12 Å². The van der Waals surface area contributed by atoms with Crippen LogP contribution in [-0.4, -0.2) is 27.1 Å². The number of hydrogen-bond acceptors (Lipinski definition) is 4. The summed E-state index contributed by atoms with van der Waals surface area (Å²) in [5.41, 5.74) is 4.95. The van der Waals surface area contributed by atoms with E-state index in [2.05, 4.69) is 0 Å². The first kappa shape index (κ1) is 19.2. The van der Waals surface area contributed by atoms with E-state index in [9.17, 15) is 10.0 Å². The summed E-state index contributed by atoms with van der Waals surface area (Å²) in [5, 5.41) is 21.3. The second-order valence-electron chi connectivity index (χ2n) is 7.32. The second kappa shape index (κ2) is 8.15. The monoisotopic (exact) mass is 402 g/mol. The standard InChI is InChI=1S/C26H19BN2O2/c30-27(31)23-16-15-22(20-13-7-8-14-21(20)23)25-17-24(18-9-3-1-4-10-18)28-26(29-25)19-11-5-2-6-12-19/h1-17,30-31H. The van der Waals surface area contributed by atoms with Crippen molar-refractivity contribution in [2.24, 2.45) is 0 Å². The van der Waals surface area contributed by atoms with Crippen molar-refractivity contribution in [3.8, 4) is 33.9 Å². The fraction of sp³-hybridized carbons (Fsp3) is 0. The maximum Gasteiger partial charge on any atom is 0.489 e. The van der Waals surface area contributed by atoms with Gasteiger partial charge < -0.3 is 10.0 Å². The van der Waals surface area contributed by atoms with Crippen LogP contribution in [-0.2, 0) is 0 Å². The molecule has 0 saturated carbocycles. The lowest BCUT2D eigenvalue weighted by Crippen LogP contribution is -2.30. The minimum Gasteiger partial charge on any atom is -0.423 e. The summed E-state index contributed by atoms with van der Waals surface area (Å²) >= 11 is 0. The molecule has 0 fully saturated rings. The topological polar surface area (TPSA) is 66.2 Å². The van der Waals surface area contributed by atoms with Gasteiger partial charge in [0.15, 0.2) is 5.82 Å². The zero-order valence-corrected chi connectivity index (χ0v) is 16.7. The molecule has 31 heavy (non-hydrogen) atoms. The third kappa shape index (κ3) is 3.72. The average Bonchev–Trinajstić information content (AvgIpc) is 2.84. The molecule has 0 atom stereocenters. The van der Waals surface area contributed by atoms with Crippen molar-refractivity contribution in [2.45, 2.75) is 0 Å². The van der Waals surface area contributed by atoms with Gasteiger partial charge in [0.05, 0.1) is 11.4 Å². The van der Waals surface area contributed by atoms with Gasteiger partial charge in [-0.15, -0.1) is 0 Å². The molecule has 0 saturated heterocycles. The molecule has 4 aromatic carbocycles. The van der Waals surface area contributed by atoms with Gasteiger partial charge in [0.25, 0.3) is 0 Å².